The Morgan fingerprint density at radius 2 is 2.18 bits per heavy atom. The van der Waals surface area contributed by atoms with Gasteiger partial charge < -0.3 is 10.6 Å². The van der Waals surface area contributed by atoms with Crippen molar-refractivity contribution in [2.24, 2.45) is 0 Å². The zero-order chi connectivity index (χ0) is 12.3. The maximum Gasteiger partial charge on any atom is 0.237 e. The van der Waals surface area contributed by atoms with E-state index in [4.69, 9.17) is 11.6 Å². The molecule has 0 aromatic heterocycles. The average Bonchev–Trinajstić information content (AvgIpc) is 2.78. The van der Waals surface area contributed by atoms with E-state index in [2.05, 4.69) is 41.8 Å². The molecule has 1 aliphatic rings. The monoisotopic (exact) mass is 268 g/mol. The van der Waals surface area contributed by atoms with E-state index in [0.717, 1.165) is 11.3 Å². The smallest absolute Gasteiger partial charge is 0.237 e. The zero-order valence-corrected chi connectivity index (χ0v) is 10.9. The van der Waals surface area contributed by atoms with Crippen molar-refractivity contribution in [2.75, 3.05) is 5.88 Å². The van der Waals surface area contributed by atoms with Crippen LogP contribution in [0.3, 0.4) is 0 Å². The van der Waals surface area contributed by atoms with E-state index in [1.807, 2.05) is 5.41 Å². The van der Waals surface area contributed by atoms with Gasteiger partial charge in [-0.2, -0.15) is 0 Å². The van der Waals surface area contributed by atoms with Gasteiger partial charge in [-0.1, -0.05) is 41.6 Å². The predicted molar refractivity (Wildman–Crippen MR) is 72.5 cm³/mol. The Kier molecular flexibility index (Phi) is 3.97. The van der Waals surface area contributed by atoms with Crippen LogP contribution in [0.1, 0.15) is 11.1 Å². The molecule has 2 rings (SSSR count). The molecule has 5 heteroatoms. The largest absolute Gasteiger partial charge is 0.356 e. The van der Waals surface area contributed by atoms with E-state index in [1.54, 1.807) is 0 Å². The van der Waals surface area contributed by atoms with E-state index >= 15 is 0 Å². The number of alkyl halides is 1. The second-order valence-corrected chi connectivity index (χ2v) is 5.01. The van der Waals surface area contributed by atoms with Crippen LogP contribution in [0.15, 0.2) is 29.7 Å². The fraction of sp³-hybridized carbons (Fsp3) is 0.250. The normalized spacial score (nSPS) is 18.5. The SMILES string of the molecule is Cc1ccc(C2=CS[C@H](NC(=O)CCl)N2)cc1. The second-order valence-electron chi connectivity index (χ2n) is 3.76. The van der Waals surface area contributed by atoms with Gasteiger partial charge in [-0.15, -0.1) is 11.6 Å². The van der Waals surface area contributed by atoms with Gasteiger partial charge in [0.2, 0.25) is 5.91 Å². The summed E-state index contributed by atoms with van der Waals surface area (Å²) in [6, 6.07) is 8.24. The van der Waals surface area contributed by atoms with Crippen molar-refractivity contribution in [1.29, 1.82) is 0 Å². The van der Waals surface area contributed by atoms with Crippen molar-refractivity contribution in [2.45, 2.75) is 12.4 Å². The van der Waals surface area contributed by atoms with Crippen molar-refractivity contribution >= 4 is 35.0 Å². The molecular formula is C12H13ClN2OS. The number of benzene rings is 1. The summed E-state index contributed by atoms with van der Waals surface area (Å²) in [5.41, 5.74) is 3.24. The molecule has 0 spiro atoms. The summed E-state index contributed by atoms with van der Waals surface area (Å²) >= 11 is 6.96. The van der Waals surface area contributed by atoms with Crippen LogP contribution >= 0.6 is 23.4 Å². The third kappa shape index (κ3) is 3.17. The number of hydrogen-bond acceptors (Lipinski definition) is 3. The highest BCUT2D eigenvalue weighted by Gasteiger charge is 2.18. The molecule has 1 aliphatic heterocycles. The topological polar surface area (TPSA) is 41.1 Å². The van der Waals surface area contributed by atoms with Crippen LogP contribution in [0.2, 0.25) is 0 Å². The van der Waals surface area contributed by atoms with E-state index < -0.39 is 0 Å². The van der Waals surface area contributed by atoms with Crippen molar-refractivity contribution in [3.63, 3.8) is 0 Å². The number of carbonyl (C=O) groups is 1. The Morgan fingerprint density at radius 1 is 1.47 bits per heavy atom. The number of halogens is 1. The van der Waals surface area contributed by atoms with Crippen LogP contribution in [-0.4, -0.2) is 17.3 Å². The first-order valence-electron chi connectivity index (χ1n) is 5.23. The molecule has 0 saturated carbocycles. The minimum atomic E-state index is -0.171. The van der Waals surface area contributed by atoms with Gasteiger partial charge in [0.1, 0.15) is 5.88 Å². The molecule has 1 amide bonds. The fourth-order valence-electron chi connectivity index (χ4n) is 1.48. The fourth-order valence-corrected chi connectivity index (χ4v) is 2.43. The molecule has 0 fully saturated rings. The molecule has 1 heterocycles. The van der Waals surface area contributed by atoms with Crippen molar-refractivity contribution in [1.82, 2.24) is 10.6 Å². The summed E-state index contributed by atoms with van der Waals surface area (Å²) in [4.78, 5) is 11.1. The lowest BCUT2D eigenvalue weighted by atomic mass is 10.1. The molecule has 0 bridgehead atoms. The highest BCUT2D eigenvalue weighted by Crippen LogP contribution is 2.25. The maximum absolute atomic E-state index is 11.1. The molecule has 17 heavy (non-hydrogen) atoms. The van der Waals surface area contributed by atoms with Crippen molar-refractivity contribution in [3.8, 4) is 0 Å². The summed E-state index contributed by atoms with van der Waals surface area (Å²) in [5.74, 6) is -0.186. The molecular weight excluding hydrogens is 256 g/mol. The summed E-state index contributed by atoms with van der Waals surface area (Å²) in [7, 11) is 0. The van der Waals surface area contributed by atoms with Gasteiger partial charge in [0.05, 0.1) is 5.70 Å². The lowest BCUT2D eigenvalue weighted by Crippen LogP contribution is -2.40. The van der Waals surface area contributed by atoms with Gasteiger partial charge >= 0.3 is 0 Å². The average molecular weight is 269 g/mol. The van der Waals surface area contributed by atoms with Gasteiger partial charge in [0, 0.05) is 0 Å². The zero-order valence-electron chi connectivity index (χ0n) is 9.37. The highest BCUT2D eigenvalue weighted by molar-refractivity contribution is 8.03. The van der Waals surface area contributed by atoms with Gasteiger partial charge in [0.15, 0.2) is 5.50 Å². The Balaban J connectivity index is 1.97. The molecule has 0 aliphatic carbocycles. The quantitative estimate of drug-likeness (QED) is 0.827. The van der Waals surface area contributed by atoms with Gasteiger partial charge in [0.25, 0.3) is 0 Å². The molecule has 3 nitrogen and oxygen atoms in total. The second kappa shape index (κ2) is 5.47. The Bertz CT molecular complexity index is 444. The van der Waals surface area contributed by atoms with E-state index in [0.29, 0.717) is 0 Å². The van der Waals surface area contributed by atoms with Gasteiger partial charge in [-0.3, -0.25) is 4.79 Å². The number of thioether (sulfide) groups is 1. The molecule has 1 aromatic carbocycles. The van der Waals surface area contributed by atoms with Crippen molar-refractivity contribution < 1.29 is 4.79 Å². The van der Waals surface area contributed by atoms with Crippen LogP contribution < -0.4 is 10.6 Å². The number of aryl methyl sites for hydroxylation is 1. The third-order valence-corrected chi connectivity index (χ3v) is 3.51. The minimum Gasteiger partial charge on any atom is -0.356 e. The van der Waals surface area contributed by atoms with Gasteiger partial charge in [-0.25, -0.2) is 0 Å². The molecule has 2 N–H and O–H groups in total. The van der Waals surface area contributed by atoms with Crippen molar-refractivity contribution in [3.05, 3.63) is 40.8 Å². The third-order valence-electron chi connectivity index (χ3n) is 2.38. The lowest BCUT2D eigenvalue weighted by molar-refractivity contribution is -0.118. The van der Waals surface area contributed by atoms with Crippen LogP contribution in [0.5, 0.6) is 0 Å². The molecule has 0 unspecified atom stereocenters. The first kappa shape index (κ1) is 12.3. The molecule has 0 saturated heterocycles. The number of hydrogen-bond donors (Lipinski definition) is 2. The predicted octanol–water partition coefficient (Wildman–Crippen LogP) is 2.27. The van der Waals surface area contributed by atoms with E-state index in [-0.39, 0.29) is 17.3 Å². The van der Waals surface area contributed by atoms with Crippen LogP contribution in [0.25, 0.3) is 5.70 Å². The number of nitrogens with one attached hydrogen (secondary N) is 2. The summed E-state index contributed by atoms with van der Waals surface area (Å²) in [6.07, 6.45) is 0. The van der Waals surface area contributed by atoms with E-state index in [1.165, 1.54) is 17.3 Å². The Hall–Kier alpha value is -1.13. The van der Waals surface area contributed by atoms with Gasteiger partial charge in [-0.05, 0) is 17.9 Å². The van der Waals surface area contributed by atoms with Crippen LogP contribution in [0.4, 0.5) is 0 Å². The first-order chi connectivity index (χ1) is 8.19. The lowest BCUT2D eigenvalue weighted by Gasteiger charge is -2.14. The molecule has 90 valence electrons. The number of amides is 1. The minimum absolute atomic E-state index is 0.0153. The van der Waals surface area contributed by atoms with Crippen LogP contribution in [0, 0.1) is 6.92 Å². The molecule has 1 atom stereocenters. The first-order valence-corrected chi connectivity index (χ1v) is 6.71. The Morgan fingerprint density at radius 3 is 2.82 bits per heavy atom. The standard InChI is InChI=1S/C12H13ClN2OS/c1-8-2-4-9(5-3-8)10-7-17-12(14-10)15-11(16)6-13/h2-5,7,12,14H,6H2,1H3,(H,15,16)/t12-/m0/s1. The molecule has 1 aromatic rings. The van der Waals surface area contributed by atoms with E-state index in [9.17, 15) is 4.79 Å². The summed E-state index contributed by atoms with van der Waals surface area (Å²) in [5, 5.41) is 8.00. The summed E-state index contributed by atoms with van der Waals surface area (Å²) in [6.45, 7) is 2.05. The molecule has 0 radical (unpaired) electrons. The number of carbonyl (C=O) groups excluding carboxylic acids is 1. The maximum atomic E-state index is 11.1. The van der Waals surface area contributed by atoms with Crippen LogP contribution in [-0.2, 0) is 4.79 Å². The highest BCUT2D eigenvalue weighted by atomic mass is 35.5. The number of rotatable bonds is 3. The summed E-state index contributed by atoms with van der Waals surface area (Å²) < 4.78 is 0. The Labute approximate surface area is 110 Å².